The second-order valence-electron chi connectivity index (χ2n) is 3.09. The van der Waals surface area contributed by atoms with Crippen LogP contribution >= 0.6 is 11.3 Å². The number of thiazole rings is 1. The zero-order valence-electron chi connectivity index (χ0n) is 8.47. The van der Waals surface area contributed by atoms with Crippen LogP contribution < -0.4 is 4.72 Å². The number of imidazole rings is 1. The molecule has 2 rings (SSSR count). The van der Waals surface area contributed by atoms with Gasteiger partial charge in [-0.15, -0.1) is 11.3 Å². The Labute approximate surface area is 96.8 Å². The van der Waals surface area contributed by atoms with E-state index in [1.54, 1.807) is 6.20 Å². The van der Waals surface area contributed by atoms with Gasteiger partial charge in [0.2, 0.25) is 0 Å². The Kier molecular flexibility index (Phi) is 3.03. The molecule has 0 saturated carbocycles. The quantitative estimate of drug-likeness (QED) is 0.843. The number of aromatic amines is 1. The van der Waals surface area contributed by atoms with Crippen molar-refractivity contribution in [2.45, 2.75) is 18.5 Å². The molecule has 0 bridgehead atoms. The molecule has 16 heavy (non-hydrogen) atoms. The molecule has 0 aliphatic rings. The van der Waals surface area contributed by atoms with Crippen LogP contribution in [0.1, 0.15) is 9.88 Å². The highest BCUT2D eigenvalue weighted by molar-refractivity contribution is 7.89. The maximum atomic E-state index is 11.7. The number of rotatable bonds is 4. The predicted molar refractivity (Wildman–Crippen MR) is 59.5 cm³/mol. The third-order valence-corrected chi connectivity index (χ3v) is 4.11. The third-order valence-electron chi connectivity index (χ3n) is 1.87. The van der Waals surface area contributed by atoms with Crippen LogP contribution in [0, 0.1) is 6.92 Å². The second kappa shape index (κ2) is 4.32. The molecule has 0 saturated heterocycles. The van der Waals surface area contributed by atoms with Crippen LogP contribution in [0.4, 0.5) is 0 Å². The standard InChI is InChI=1S/C8H10N4O2S2/c1-6-10-2-7(15-6)3-12-16(13,14)8-4-9-5-11-8/h2,4-5,12H,3H2,1H3,(H,9,11). The molecule has 86 valence electrons. The first-order valence-electron chi connectivity index (χ1n) is 4.47. The van der Waals surface area contributed by atoms with Gasteiger partial charge in [0.1, 0.15) is 0 Å². The van der Waals surface area contributed by atoms with Crippen LogP contribution in [-0.2, 0) is 16.6 Å². The number of sulfonamides is 1. The number of nitrogens with zero attached hydrogens (tertiary/aromatic N) is 2. The van der Waals surface area contributed by atoms with Crippen molar-refractivity contribution < 1.29 is 8.42 Å². The molecule has 0 aliphatic heterocycles. The molecule has 2 N–H and O–H groups in total. The minimum absolute atomic E-state index is 0.0636. The molecule has 0 fully saturated rings. The molecule has 2 heterocycles. The van der Waals surface area contributed by atoms with Gasteiger partial charge in [0, 0.05) is 17.6 Å². The van der Waals surface area contributed by atoms with E-state index in [1.807, 2.05) is 6.92 Å². The van der Waals surface area contributed by atoms with E-state index in [-0.39, 0.29) is 11.6 Å². The van der Waals surface area contributed by atoms with Gasteiger partial charge in [-0.25, -0.2) is 23.1 Å². The van der Waals surface area contributed by atoms with Crippen LogP contribution in [0.5, 0.6) is 0 Å². The Morgan fingerprint density at radius 2 is 2.31 bits per heavy atom. The number of aromatic nitrogens is 3. The van der Waals surface area contributed by atoms with E-state index >= 15 is 0 Å². The van der Waals surface area contributed by atoms with Crippen molar-refractivity contribution >= 4 is 21.4 Å². The van der Waals surface area contributed by atoms with Crippen molar-refractivity contribution in [1.82, 2.24) is 19.7 Å². The van der Waals surface area contributed by atoms with Gasteiger partial charge in [-0.1, -0.05) is 0 Å². The Morgan fingerprint density at radius 1 is 1.50 bits per heavy atom. The third kappa shape index (κ3) is 2.46. The maximum Gasteiger partial charge on any atom is 0.257 e. The molecule has 0 aliphatic carbocycles. The van der Waals surface area contributed by atoms with Gasteiger partial charge in [-0.3, -0.25) is 0 Å². The van der Waals surface area contributed by atoms with Crippen molar-refractivity contribution in [3.63, 3.8) is 0 Å². The Morgan fingerprint density at radius 3 is 2.88 bits per heavy atom. The molecule has 0 aromatic carbocycles. The van der Waals surface area contributed by atoms with Gasteiger partial charge in [-0.05, 0) is 6.92 Å². The zero-order valence-corrected chi connectivity index (χ0v) is 10.1. The van der Waals surface area contributed by atoms with Crippen molar-refractivity contribution in [2.75, 3.05) is 0 Å². The summed E-state index contributed by atoms with van der Waals surface area (Å²) in [5.41, 5.74) is 0. The van der Waals surface area contributed by atoms with E-state index in [4.69, 9.17) is 0 Å². The van der Waals surface area contributed by atoms with E-state index in [0.29, 0.717) is 0 Å². The minimum atomic E-state index is -3.50. The predicted octanol–water partition coefficient (Wildman–Crippen LogP) is 0.653. The van der Waals surface area contributed by atoms with Gasteiger partial charge in [0.25, 0.3) is 10.0 Å². The Hall–Kier alpha value is -1.25. The molecular weight excluding hydrogens is 248 g/mol. The van der Waals surface area contributed by atoms with Crippen molar-refractivity contribution in [2.24, 2.45) is 0 Å². The smallest absolute Gasteiger partial charge is 0.257 e. The summed E-state index contributed by atoms with van der Waals surface area (Å²) in [7, 11) is -3.50. The maximum absolute atomic E-state index is 11.7. The van der Waals surface area contributed by atoms with Gasteiger partial charge >= 0.3 is 0 Å². The lowest BCUT2D eigenvalue weighted by Crippen LogP contribution is -2.23. The second-order valence-corrected chi connectivity index (χ2v) is 6.14. The summed E-state index contributed by atoms with van der Waals surface area (Å²) in [6.45, 7) is 2.12. The van der Waals surface area contributed by atoms with Crippen LogP contribution in [0.25, 0.3) is 0 Å². The van der Waals surface area contributed by atoms with Crippen LogP contribution in [0.3, 0.4) is 0 Å². The highest BCUT2D eigenvalue weighted by atomic mass is 32.2. The summed E-state index contributed by atoms with van der Waals surface area (Å²) in [5, 5.41) is 0.976. The number of hydrogen-bond acceptors (Lipinski definition) is 5. The Balaban J connectivity index is 2.06. The van der Waals surface area contributed by atoms with E-state index in [0.717, 1.165) is 9.88 Å². The molecular formula is C8H10N4O2S2. The summed E-state index contributed by atoms with van der Waals surface area (Å²) in [5.74, 6) is 0. The van der Waals surface area contributed by atoms with Crippen molar-refractivity contribution in [3.05, 3.63) is 28.6 Å². The summed E-state index contributed by atoms with van der Waals surface area (Å²) < 4.78 is 25.8. The number of hydrogen-bond donors (Lipinski definition) is 2. The van der Waals surface area contributed by atoms with Crippen LogP contribution in [-0.4, -0.2) is 23.4 Å². The van der Waals surface area contributed by atoms with E-state index in [9.17, 15) is 8.42 Å². The van der Waals surface area contributed by atoms with Crippen molar-refractivity contribution in [3.8, 4) is 0 Å². The molecule has 6 nitrogen and oxygen atoms in total. The molecule has 0 unspecified atom stereocenters. The summed E-state index contributed by atoms with van der Waals surface area (Å²) >= 11 is 1.46. The highest BCUT2D eigenvalue weighted by Gasteiger charge is 2.15. The van der Waals surface area contributed by atoms with Crippen LogP contribution in [0.2, 0.25) is 0 Å². The fourth-order valence-electron chi connectivity index (χ4n) is 1.12. The van der Waals surface area contributed by atoms with Gasteiger partial charge in [0.05, 0.1) is 17.5 Å². The molecule has 2 aromatic rings. The lowest BCUT2D eigenvalue weighted by molar-refractivity contribution is 0.578. The van der Waals surface area contributed by atoms with Crippen LogP contribution in [0.15, 0.2) is 23.7 Å². The van der Waals surface area contributed by atoms with Gasteiger partial charge < -0.3 is 4.98 Å². The van der Waals surface area contributed by atoms with E-state index < -0.39 is 10.0 Å². The number of H-pyrrole nitrogens is 1. The first-order chi connectivity index (χ1) is 7.58. The molecule has 0 radical (unpaired) electrons. The average molecular weight is 258 g/mol. The average Bonchev–Trinajstić information content (AvgIpc) is 2.85. The molecule has 0 amide bonds. The fourth-order valence-corrected chi connectivity index (χ4v) is 2.86. The first-order valence-corrected chi connectivity index (χ1v) is 6.77. The summed E-state index contributed by atoms with van der Waals surface area (Å²) in [4.78, 5) is 11.1. The Bertz CT molecular complexity index is 559. The largest absolute Gasteiger partial charge is 0.335 e. The zero-order chi connectivity index (χ0) is 11.6. The summed E-state index contributed by atoms with van der Waals surface area (Å²) in [6, 6.07) is 0. The monoisotopic (exact) mass is 258 g/mol. The lowest BCUT2D eigenvalue weighted by Gasteiger charge is -2.01. The number of nitrogens with one attached hydrogen (secondary N) is 2. The molecule has 0 spiro atoms. The molecule has 2 aromatic heterocycles. The lowest BCUT2D eigenvalue weighted by atomic mass is 10.6. The SMILES string of the molecule is Cc1ncc(CNS(=O)(=O)c2cnc[nH]2)s1. The summed E-state index contributed by atoms with van der Waals surface area (Å²) in [6.07, 6.45) is 4.25. The molecule has 8 heteroatoms. The highest BCUT2D eigenvalue weighted by Crippen LogP contribution is 2.12. The number of aryl methyl sites for hydroxylation is 1. The minimum Gasteiger partial charge on any atom is -0.335 e. The normalized spacial score (nSPS) is 11.8. The topological polar surface area (TPSA) is 87.7 Å². The van der Waals surface area contributed by atoms with E-state index in [2.05, 4.69) is 19.7 Å². The van der Waals surface area contributed by atoms with Gasteiger partial charge in [0.15, 0.2) is 5.03 Å². The van der Waals surface area contributed by atoms with Crippen molar-refractivity contribution in [1.29, 1.82) is 0 Å². The molecule has 0 atom stereocenters. The van der Waals surface area contributed by atoms with E-state index in [1.165, 1.54) is 23.9 Å². The fraction of sp³-hybridized carbons (Fsp3) is 0.250. The first kappa shape index (κ1) is 11.2. The van der Waals surface area contributed by atoms with Gasteiger partial charge in [-0.2, -0.15) is 0 Å².